The average Bonchev–Trinajstić information content (AvgIpc) is 2.40. The lowest BCUT2D eigenvalue weighted by Crippen LogP contribution is -2.32. The highest BCUT2D eigenvalue weighted by Crippen LogP contribution is 2.17. The monoisotopic (exact) mass is 372 g/mol. The van der Waals surface area contributed by atoms with Crippen LogP contribution in [-0.2, 0) is 38.1 Å². The van der Waals surface area contributed by atoms with Gasteiger partial charge in [0.25, 0.3) is 0 Å². The summed E-state index contributed by atoms with van der Waals surface area (Å²) in [7, 11) is 0. The van der Waals surface area contributed by atoms with Crippen LogP contribution in [-0.4, -0.2) is 48.3 Å². The van der Waals surface area contributed by atoms with Gasteiger partial charge in [0.15, 0.2) is 11.1 Å². The molecule has 0 aromatic rings. The van der Waals surface area contributed by atoms with Crippen LogP contribution in [0.4, 0.5) is 0 Å². The molecule has 0 rings (SSSR count). The summed E-state index contributed by atoms with van der Waals surface area (Å²) in [6.45, 7) is 12.5. The van der Waals surface area contributed by atoms with E-state index in [0.29, 0.717) is 0 Å². The SMILES string of the molecule is CC(C)OC(=O)C(C(=O)OC(C)C)=C(C(=O)OC(C)C)C(=O)OC(C)C. The minimum Gasteiger partial charge on any atom is -0.459 e. The third-order valence-corrected chi connectivity index (χ3v) is 2.44. The predicted molar refractivity (Wildman–Crippen MR) is 91.9 cm³/mol. The van der Waals surface area contributed by atoms with E-state index >= 15 is 0 Å². The Hall–Kier alpha value is -2.38. The second kappa shape index (κ2) is 10.6. The molecule has 0 atom stereocenters. The number of hydrogen-bond acceptors (Lipinski definition) is 8. The van der Waals surface area contributed by atoms with E-state index < -0.39 is 59.4 Å². The zero-order valence-corrected chi connectivity index (χ0v) is 16.6. The molecule has 0 saturated carbocycles. The molecule has 0 heterocycles. The average molecular weight is 372 g/mol. The van der Waals surface area contributed by atoms with Gasteiger partial charge in [-0.15, -0.1) is 0 Å². The van der Waals surface area contributed by atoms with Crippen molar-refractivity contribution in [2.24, 2.45) is 0 Å². The zero-order chi connectivity index (χ0) is 20.6. The van der Waals surface area contributed by atoms with Crippen molar-refractivity contribution in [1.82, 2.24) is 0 Å². The van der Waals surface area contributed by atoms with Crippen molar-refractivity contribution < 1.29 is 38.1 Å². The maximum Gasteiger partial charge on any atom is 0.347 e. The maximum atomic E-state index is 12.4. The highest BCUT2D eigenvalue weighted by Gasteiger charge is 2.37. The van der Waals surface area contributed by atoms with Crippen molar-refractivity contribution >= 4 is 23.9 Å². The summed E-state index contributed by atoms with van der Waals surface area (Å²) in [4.78, 5) is 49.6. The summed E-state index contributed by atoms with van der Waals surface area (Å²) in [5.74, 6) is -4.66. The first-order valence-corrected chi connectivity index (χ1v) is 8.44. The topological polar surface area (TPSA) is 105 Å². The molecule has 0 aliphatic heterocycles. The summed E-state index contributed by atoms with van der Waals surface area (Å²) >= 11 is 0. The van der Waals surface area contributed by atoms with E-state index in [1.807, 2.05) is 0 Å². The Labute approximate surface area is 153 Å². The number of carbonyl (C=O) groups is 4. The van der Waals surface area contributed by atoms with Crippen LogP contribution in [0.3, 0.4) is 0 Å². The second-order valence-corrected chi connectivity index (χ2v) is 6.57. The van der Waals surface area contributed by atoms with E-state index in [1.54, 1.807) is 55.4 Å². The van der Waals surface area contributed by atoms with Crippen LogP contribution in [0.25, 0.3) is 0 Å². The zero-order valence-electron chi connectivity index (χ0n) is 16.6. The third kappa shape index (κ3) is 8.13. The van der Waals surface area contributed by atoms with Crippen molar-refractivity contribution in [3.8, 4) is 0 Å². The molecule has 0 saturated heterocycles. The molecule has 0 aliphatic carbocycles. The van der Waals surface area contributed by atoms with E-state index in [1.165, 1.54) is 0 Å². The second-order valence-electron chi connectivity index (χ2n) is 6.57. The molecule has 0 spiro atoms. The number of rotatable bonds is 8. The maximum absolute atomic E-state index is 12.4. The molecule has 0 radical (unpaired) electrons. The van der Waals surface area contributed by atoms with Gasteiger partial charge in [-0.25, -0.2) is 19.2 Å². The smallest absolute Gasteiger partial charge is 0.347 e. The van der Waals surface area contributed by atoms with Crippen molar-refractivity contribution in [3.63, 3.8) is 0 Å². The van der Waals surface area contributed by atoms with E-state index in [4.69, 9.17) is 18.9 Å². The van der Waals surface area contributed by atoms with Crippen molar-refractivity contribution in [1.29, 1.82) is 0 Å². The summed E-state index contributed by atoms with van der Waals surface area (Å²) in [5, 5.41) is 0. The van der Waals surface area contributed by atoms with Gasteiger partial charge in [0, 0.05) is 0 Å². The molecule has 8 heteroatoms. The van der Waals surface area contributed by atoms with Gasteiger partial charge in [0.2, 0.25) is 0 Å². The molecular formula is C18H28O8. The first-order chi connectivity index (χ1) is 11.9. The van der Waals surface area contributed by atoms with Crippen LogP contribution >= 0.6 is 0 Å². The first-order valence-electron chi connectivity index (χ1n) is 8.44. The molecule has 0 N–H and O–H groups in total. The van der Waals surface area contributed by atoms with Crippen LogP contribution in [0.2, 0.25) is 0 Å². The molecule has 0 bridgehead atoms. The van der Waals surface area contributed by atoms with Gasteiger partial charge in [0.1, 0.15) is 0 Å². The Balaban J connectivity index is 6.35. The van der Waals surface area contributed by atoms with Gasteiger partial charge >= 0.3 is 23.9 Å². The molecule has 0 aromatic carbocycles. The summed E-state index contributed by atoms with van der Waals surface area (Å²) < 4.78 is 20.0. The largest absolute Gasteiger partial charge is 0.459 e. The van der Waals surface area contributed by atoms with Gasteiger partial charge in [0.05, 0.1) is 24.4 Å². The Bertz CT molecular complexity index is 472. The van der Waals surface area contributed by atoms with Crippen LogP contribution in [0.15, 0.2) is 11.1 Å². The van der Waals surface area contributed by atoms with Gasteiger partial charge in [-0.2, -0.15) is 0 Å². The molecule has 26 heavy (non-hydrogen) atoms. The van der Waals surface area contributed by atoms with Crippen molar-refractivity contribution in [2.75, 3.05) is 0 Å². The Morgan fingerprint density at radius 2 is 0.577 bits per heavy atom. The van der Waals surface area contributed by atoms with Gasteiger partial charge in [-0.05, 0) is 55.4 Å². The van der Waals surface area contributed by atoms with Crippen molar-refractivity contribution in [2.45, 2.75) is 79.8 Å². The highest BCUT2D eigenvalue weighted by molar-refractivity contribution is 6.28. The minimum absolute atomic E-state index is 0.590. The molecule has 0 amide bonds. The Kier molecular flexibility index (Phi) is 9.61. The summed E-state index contributed by atoms with van der Waals surface area (Å²) in [5.41, 5.74) is -1.69. The molecule has 8 nitrogen and oxygen atoms in total. The van der Waals surface area contributed by atoms with E-state index in [2.05, 4.69) is 0 Å². The van der Waals surface area contributed by atoms with Crippen LogP contribution < -0.4 is 0 Å². The van der Waals surface area contributed by atoms with Gasteiger partial charge in [-0.1, -0.05) is 0 Å². The molecule has 0 aromatic heterocycles. The van der Waals surface area contributed by atoms with Crippen LogP contribution in [0.5, 0.6) is 0 Å². The number of esters is 4. The molecule has 148 valence electrons. The van der Waals surface area contributed by atoms with E-state index in [-0.39, 0.29) is 0 Å². The molecule has 0 fully saturated rings. The van der Waals surface area contributed by atoms with Gasteiger partial charge < -0.3 is 18.9 Å². The van der Waals surface area contributed by atoms with Crippen LogP contribution in [0.1, 0.15) is 55.4 Å². The fourth-order valence-electron chi connectivity index (χ4n) is 1.67. The highest BCUT2D eigenvalue weighted by atomic mass is 16.6. The van der Waals surface area contributed by atoms with E-state index in [0.717, 1.165) is 0 Å². The lowest BCUT2D eigenvalue weighted by Gasteiger charge is -2.17. The Morgan fingerprint density at radius 1 is 0.423 bits per heavy atom. The fraction of sp³-hybridized carbons (Fsp3) is 0.667. The number of carbonyl (C=O) groups excluding carboxylic acids is 4. The van der Waals surface area contributed by atoms with Crippen LogP contribution in [0, 0.1) is 0 Å². The van der Waals surface area contributed by atoms with Crippen molar-refractivity contribution in [3.05, 3.63) is 11.1 Å². The number of ether oxygens (including phenoxy) is 4. The normalized spacial score (nSPS) is 10.8. The molecular weight excluding hydrogens is 344 g/mol. The quantitative estimate of drug-likeness (QED) is 0.210. The summed E-state index contributed by atoms with van der Waals surface area (Å²) in [6, 6.07) is 0. The third-order valence-electron chi connectivity index (χ3n) is 2.44. The lowest BCUT2D eigenvalue weighted by atomic mass is 10.1. The number of hydrogen-bond donors (Lipinski definition) is 0. The molecule has 0 unspecified atom stereocenters. The fourth-order valence-corrected chi connectivity index (χ4v) is 1.67. The minimum atomic E-state index is -1.16. The molecule has 0 aliphatic rings. The first kappa shape index (κ1) is 23.6. The van der Waals surface area contributed by atoms with E-state index in [9.17, 15) is 19.2 Å². The predicted octanol–water partition coefficient (Wildman–Crippen LogP) is 2.09. The van der Waals surface area contributed by atoms with Gasteiger partial charge in [-0.3, -0.25) is 0 Å². The summed E-state index contributed by atoms with van der Waals surface area (Å²) in [6.07, 6.45) is -2.36. The standard InChI is InChI=1S/C18H28O8/c1-9(2)23-15(19)13(16(20)24-10(3)4)14(17(21)25-11(5)6)18(22)26-12(7)8/h9-12H,1-8H3. The Morgan fingerprint density at radius 3 is 0.692 bits per heavy atom. The lowest BCUT2D eigenvalue weighted by molar-refractivity contribution is -0.157.